The Labute approximate surface area is 189 Å². The number of esters is 1. The second-order valence-corrected chi connectivity index (χ2v) is 19.1. The third kappa shape index (κ3) is 9.03. The maximum absolute atomic E-state index is 13.2. The summed E-state index contributed by atoms with van der Waals surface area (Å²) in [5, 5.41) is 0. The lowest BCUT2D eigenvalue weighted by atomic mass is 10.0. The van der Waals surface area contributed by atoms with Gasteiger partial charge in [-0.15, -0.1) is 0 Å². The number of allylic oxidation sites excluding steroid dienone is 1. The Morgan fingerprint density at radius 3 is 2.23 bits per heavy atom. The largest absolute Gasteiger partial charge is 0.544 e. The molecule has 2 rings (SSSR count). The van der Waals surface area contributed by atoms with Crippen LogP contribution in [0.3, 0.4) is 0 Å². The fraction of sp³-hybridized carbons (Fsp3) is 0.583. The third-order valence-electron chi connectivity index (χ3n) is 4.65. The van der Waals surface area contributed by atoms with Gasteiger partial charge < -0.3 is 13.6 Å². The van der Waals surface area contributed by atoms with Crippen LogP contribution in [0.2, 0.25) is 39.3 Å². The maximum atomic E-state index is 13.2. The number of carbonyl (C=O) groups is 2. The monoisotopic (exact) mass is 462 g/mol. The van der Waals surface area contributed by atoms with E-state index >= 15 is 0 Å². The average Bonchev–Trinajstić information content (AvgIpc) is 2.57. The molecule has 172 valence electrons. The zero-order valence-corrected chi connectivity index (χ0v) is 22.2. The first-order valence-corrected chi connectivity index (χ1v) is 18.1. The summed E-state index contributed by atoms with van der Waals surface area (Å²) in [5.41, 5.74) is 1.20. The van der Waals surface area contributed by atoms with Crippen molar-refractivity contribution in [2.75, 3.05) is 0 Å². The standard InChI is InChI=1S/C24H38O5Si2/c1-18-12-11-15-20(25)14-10-8-9-13-19-16-21(28-30(2,3)4)17-22(29-31(5,6)7)23(19)24(26)27-18/h9,13,16-18H,8,10-12,14-15H2,1-7H3/b13-9+. The first-order chi connectivity index (χ1) is 14.3. The summed E-state index contributed by atoms with van der Waals surface area (Å²) in [6.07, 6.45) is 7.82. The van der Waals surface area contributed by atoms with Crippen LogP contribution in [-0.4, -0.2) is 34.5 Å². The lowest BCUT2D eigenvalue weighted by molar-refractivity contribution is -0.119. The van der Waals surface area contributed by atoms with Crippen molar-refractivity contribution in [2.24, 2.45) is 0 Å². The molecular weight excluding hydrogens is 424 g/mol. The van der Waals surface area contributed by atoms with Crippen LogP contribution < -0.4 is 8.85 Å². The SMILES string of the molecule is CC1CCCC(=O)CCC/C=C/c2cc(O[Si](C)(C)C)cc(O[Si](C)(C)C)c2C(=O)O1. The Bertz CT molecular complexity index is 818. The lowest BCUT2D eigenvalue weighted by Gasteiger charge is -2.26. The zero-order chi connectivity index (χ0) is 23.2. The molecule has 0 radical (unpaired) electrons. The third-order valence-corrected chi connectivity index (χ3v) is 6.33. The summed E-state index contributed by atoms with van der Waals surface area (Å²) in [4.78, 5) is 25.3. The predicted octanol–water partition coefficient (Wildman–Crippen LogP) is 6.60. The van der Waals surface area contributed by atoms with E-state index < -0.39 is 16.6 Å². The number of ether oxygens (including phenoxy) is 1. The van der Waals surface area contributed by atoms with Gasteiger partial charge in [-0.2, -0.15) is 0 Å². The van der Waals surface area contributed by atoms with Gasteiger partial charge in [-0.1, -0.05) is 12.2 Å². The van der Waals surface area contributed by atoms with Gasteiger partial charge in [0.2, 0.25) is 16.6 Å². The van der Waals surface area contributed by atoms with Crippen molar-refractivity contribution in [3.05, 3.63) is 29.3 Å². The normalized spacial score (nSPS) is 20.3. The van der Waals surface area contributed by atoms with Gasteiger partial charge in [-0.25, -0.2) is 4.79 Å². The van der Waals surface area contributed by atoms with Gasteiger partial charge in [0.05, 0.1) is 6.10 Å². The van der Waals surface area contributed by atoms with Gasteiger partial charge in [-0.05, 0) is 83.5 Å². The highest BCUT2D eigenvalue weighted by atomic mass is 28.4. The minimum atomic E-state index is -1.99. The molecule has 1 atom stereocenters. The Balaban J connectivity index is 2.55. The van der Waals surface area contributed by atoms with Crippen LogP contribution in [0.15, 0.2) is 18.2 Å². The van der Waals surface area contributed by atoms with Crippen LogP contribution >= 0.6 is 0 Å². The van der Waals surface area contributed by atoms with E-state index in [4.69, 9.17) is 13.6 Å². The molecule has 1 aliphatic heterocycles. The molecule has 0 aliphatic carbocycles. The highest BCUT2D eigenvalue weighted by Gasteiger charge is 2.27. The number of Topliss-reactive ketones (excluding diaryl/α,β-unsaturated/α-hetero) is 1. The average molecular weight is 463 g/mol. The molecule has 5 nitrogen and oxygen atoms in total. The first kappa shape index (κ1) is 25.4. The quantitative estimate of drug-likeness (QED) is 0.373. The minimum Gasteiger partial charge on any atom is -0.544 e. The highest BCUT2D eigenvalue weighted by Crippen LogP contribution is 2.34. The van der Waals surface area contributed by atoms with Crippen LogP contribution in [0.4, 0.5) is 0 Å². The second-order valence-electron chi connectivity index (χ2n) is 10.3. The number of hydrogen-bond acceptors (Lipinski definition) is 5. The van der Waals surface area contributed by atoms with Crippen LogP contribution in [0.1, 0.15) is 61.4 Å². The number of hydrogen-bond donors (Lipinski definition) is 0. The molecular formula is C24H38O5Si2. The van der Waals surface area contributed by atoms with E-state index in [0.29, 0.717) is 36.3 Å². The molecule has 1 unspecified atom stereocenters. The van der Waals surface area contributed by atoms with Gasteiger partial charge in [-0.3, -0.25) is 4.79 Å². The number of cyclic esters (lactones) is 1. The van der Waals surface area contributed by atoms with Gasteiger partial charge in [0, 0.05) is 18.9 Å². The number of rotatable bonds is 4. The number of fused-ring (bicyclic) bond motifs is 1. The number of benzene rings is 1. The maximum Gasteiger partial charge on any atom is 0.342 e. The molecule has 0 bridgehead atoms. The van der Waals surface area contributed by atoms with E-state index in [2.05, 4.69) is 39.3 Å². The summed E-state index contributed by atoms with van der Waals surface area (Å²) < 4.78 is 18.4. The Kier molecular flexibility index (Phi) is 8.71. The summed E-state index contributed by atoms with van der Waals surface area (Å²) >= 11 is 0. The van der Waals surface area contributed by atoms with Crippen LogP contribution in [0.25, 0.3) is 6.08 Å². The van der Waals surface area contributed by atoms with E-state index in [1.807, 2.05) is 31.2 Å². The predicted molar refractivity (Wildman–Crippen MR) is 131 cm³/mol. The number of ketones is 1. The van der Waals surface area contributed by atoms with Crippen LogP contribution in [0.5, 0.6) is 11.5 Å². The molecule has 1 aromatic rings. The van der Waals surface area contributed by atoms with Crippen LogP contribution in [-0.2, 0) is 9.53 Å². The topological polar surface area (TPSA) is 61.8 Å². The second kappa shape index (κ2) is 10.6. The van der Waals surface area contributed by atoms with Crippen molar-refractivity contribution in [1.29, 1.82) is 0 Å². The summed E-state index contributed by atoms with van der Waals surface area (Å²) in [5.74, 6) is 1.14. The molecule has 7 heteroatoms. The Morgan fingerprint density at radius 2 is 1.58 bits per heavy atom. The number of carbonyl (C=O) groups excluding carboxylic acids is 2. The Morgan fingerprint density at radius 1 is 0.935 bits per heavy atom. The molecule has 31 heavy (non-hydrogen) atoms. The molecule has 0 saturated heterocycles. The van der Waals surface area contributed by atoms with Crippen molar-refractivity contribution >= 4 is 34.5 Å². The van der Waals surface area contributed by atoms with E-state index in [1.54, 1.807) is 0 Å². The molecule has 1 aliphatic rings. The molecule has 0 amide bonds. The lowest BCUT2D eigenvalue weighted by Crippen LogP contribution is -2.31. The van der Waals surface area contributed by atoms with Crippen molar-refractivity contribution in [1.82, 2.24) is 0 Å². The van der Waals surface area contributed by atoms with Crippen molar-refractivity contribution in [2.45, 2.75) is 90.8 Å². The molecule has 1 heterocycles. The van der Waals surface area contributed by atoms with Gasteiger partial charge >= 0.3 is 5.97 Å². The molecule has 0 spiro atoms. The molecule has 0 fully saturated rings. The first-order valence-electron chi connectivity index (χ1n) is 11.3. The molecule has 0 N–H and O–H groups in total. The highest BCUT2D eigenvalue weighted by molar-refractivity contribution is 6.71. The Hall–Kier alpha value is -1.87. The fourth-order valence-corrected chi connectivity index (χ4v) is 5.07. The van der Waals surface area contributed by atoms with Gasteiger partial charge in [0.15, 0.2) is 0 Å². The van der Waals surface area contributed by atoms with Gasteiger partial charge in [0.25, 0.3) is 0 Å². The molecule has 0 aromatic heterocycles. The zero-order valence-electron chi connectivity index (χ0n) is 20.2. The summed E-state index contributed by atoms with van der Waals surface area (Å²) in [6.45, 7) is 14.5. The minimum absolute atomic E-state index is 0.266. The molecule has 0 saturated carbocycles. The van der Waals surface area contributed by atoms with Crippen LogP contribution in [0, 0.1) is 0 Å². The van der Waals surface area contributed by atoms with Crippen molar-refractivity contribution in [3.63, 3.8) is 0 Å². The van der Waals surface area contributed by atoms with E-state index in [-0.39, 0.29) is 17.9 Å². The van der Waals surface area contributed by atoms with E-state index in [1.165, 1.54) is 0 Å². The van der Waals surface area contributed by atoms with Crippen molar-refractivity contribution in [3.8, 4) is 11.5 Å². The summed E-state index contributed by atoms with van der Waals surface area (Å²) in [7, 11) is -3.84. The van der Waals surface area contributed by atoms with Crippen molar-refractivity contribution < 1.29 is 23.2 Å². The summed E-state index contributed by atoms with van der Waals surface area (Å²) in [6, 6.07) is 3.75. The van der Waals surface area contributed by atoms with E-state index in [0.717, 1.165) is 24.8 Å². The van der Waals surface area contributed by atoms with Gasteiger partial charge in [0.1, 0.15) is 22.8 Å². The fourth-order valence-electron chi connectivity index (χ4n) is 3.42. The van der Waals surface area contributed by atoms with E-state index in [9.17, 15) is 9.59 Å². The smallest absolute Gasteiger partial charge is 0.342 e. The molecule has 1 aromatic carbocycles.